The van der Waals surface area contributed by atoms with Crippen LogP contribution in [-0.4, -0.2) is 85.9 Å². The van der Waals surface area contributed by atoms with Gasteiger partial charge in [-0.1, -0.05) is 62.9 Å². The molecule has 0 amide bonds. The quantitative estimate of drug-likeness (QED) is 0.187. The molecule has 0 aliphatic rings. The standard InChI is InChI=1S/C26H46O7/c1-2-3-4-5-9-12-27-13-14-28-15-16-29-17-18-30-19-20-31-21-22-32-23-24-33-25-26-10-7-6-8-11-26/h6-8,10-11H,2-5,9,12-25H2,1H3. The van der Waals surface area contributed by atoms with Gasteiger partial charge < -0.3 is 33.2 Å². The van der Waals surface area contributed by atoms with Gasteiger partial charge in [0.05, 0.1) is 85.9 Å². The van der Waals surface area contributed by atoms with Crippen LogP contribution in [0.3, 0.4) is 0 Å². The molecule has 0 heterocycles. The molecule has 0 atom stereocenters. The Balaban J connectivity index is 1.64. The second-order valence-corrected chi connectivity index (χ2v) is 7.63. The summed E-state index contributed by atoms with van der Waals surface area (Å²) in [6, 6.07) is 10.1. The van der Waals surface area contributed by atoms with Gasteiger partial charge in [-0.25, -0.2) is 0 Å². The molecule has 0 aliphatic carbocycles. The molecule has 7 heteroatoms. The fraction of sp³-hybridized carbons (Fsp3) is 0.769. The topological polar surface area (TPSA) is 64.6 Å². The third kappa shape index (κ3) is 22.5. The highest BCUT2D eigenvalue weighted by Gasteiger charge is 1.96. The van der Waals surface area contributed by atoms with E-state index in [0.29, 0.717) is 85.9 Å². The lowest BCUT2D eigenvalue weighted by Gasteiger charge is -2.08. The summed E-state index contributed by atoms with van der Waals surface area (Å²) in [5, 5.41) is 0. The molecule has 33 heavy (non-hydrogen) atoms. The summed E-state index contributed by atoms with van der Waals surface area (Å²) in [5.41, 5.74) is 1.17. The number of benzene rings is 1. The van der Waals surface area contributed by atoms with Crippen LogP contribution in [0.25, 0.3) is 0 Å². The molecule has 0 saturated carbocycles. The number of unbranched alkanes of at least 4 members (excludes halogenated alkanes) is 4. The summed E-state index contributed by atoms with van der Waals surface area (Å²) >= 11 is 0. The average Bonchev–Trinajstić information content (AvgIpc) is 2.84. The molecule has 0 fully saturated rings. The third-order valence-corrected chi connectivity index (χ3v) is 4.74. The Kier molecular flexibility index (Phi) is 23.2. The summed E-state index contributed by atoms with van der Waals surface area (Å²) in [5.74, 6) is 0. The molecule has 0 aliphatic heterocycles. The van der Waals surface area contributed by atoms with Crippen molar-refractivity contribution < 1.29 is 33.2 Å². The Morgan fingerprint density at radius 2 is 0.818 bits per heavy atom. The molecule has 192 valence electrons. The Morgan fingerprint density at radius 1 is 0.424 bits per heavy atom. The molecule has 0 saturated heterocycles. The molecule has 1 aromatic carbocycles. The normalized spacial score (nSPS) is 11.3. The van der Waals surface area contributed by atoms with Gasteiger partial charge in [-0.3, -0.25) is 0 Å². The van der Waals surface area contributed by atoms with E-state index >= 15 is 0 Å². The lowest BCUT2D eigenvalue weighted by atomic mass is 10.2. The summed E-state index contributed by atoms with van der Waals surface area (Å²) in [6.45, 7) is 10.6. The summed E-state index contributed by atoms with van der Waals surface area (Å²) in [4.78, 5) is 0. The van der Waals surface area contributed by atoms with Crippen LogP contribution >= 0.6 is 0 Å². The molecule has 0 bridgehead atoms. The molecule has 7 nitrogen and oxygen atoms in total. The number of rotatable bonds is 26. The van der Waals surface area contributed by atoms with Gasteiger partial charge in [-0.15, -0.1) is 0 Å². The average molecular weight is 471 g/mol. The lowest BCUT2D eigenvalue weighted by molar-refractivity contribution is -0.0212. The zero-order valence-electron chi connectivity index (χ0n) is 20.7. The maximum atomic E-state index is 5.56. The molecule has 0 spiro atoms. The van der Waals surface area contributed by atoms with E-state index < -0.39 is 0 Å². The number of hydrogen-bond acceptors (Lipinski definition) is 7. The molecule has 0 radical (unpaired) electrons. The van der Waals surface area contributed by atoms with Crippen LogP contribution in [0.15, 0.2) is 30.3 Å². The van der Waals surface area contributed by atoms with Gasteiger partial charge in [-0.05, 0) is 12.0 Å². The molecular weight excluding hydrogens is 424 g/mol. The zero-order chi connectivity index (χ0) is 23.5. The van der Waals surface area contributed by atoms with Gasteiger partial charge >= 0.3 is 0 Å². The number of hydrogen-bond donors (Lipinski definition) is 0. The maximum absolute atomic E-state index is 5.56. The smallest absolute Gasteiger partial charge is 0.0718 e. The second-order valence-electron chi connectivity index (χ2n) is 7.63. The minimum Gasteiger partial charge on any atom is -0.379 e. The fourth-order valence-corrected chi connectivity index (χ4v) is 2.89. The van der Waals surface area contributed by atoms with E-state index in [1.54, 1.807) is 0 Å². The van der Waals surface area contributed by atoms with Crippen LogP contribution in [0.2, 0.25) is 0 Å². The van der Waals surface area contributed by atoms with Crippen molar-refractivity contribution in [3.05, 3.63) is 35.9 Å². The predicted octanol–water partition coefficient (Wildman–Crippen LogP) is 4.27. The largest absolute Gasteiger partial charge is 0.379 e. The van der Waals surface area contributed by atoms with Gasteiger partial charge in [0, 0.05) is 6.61 Å². The first-order valence-corrected chi connectivity index (χ1v) is 12.5. The molecule has 0 N–H and O–H groups in total. The highest BCUT2D eigenvalue weighted by molar-refractivity contribution is 5.13. The van der Waals surface area contributed by atoms with Crippen molar-refractivity contribution in [1.29, 1.82) is 0 Å². The third-order valence-electron chi connectivity index (χ3n) is 4.74. The van der Waals surface area contributed by atoms with Gasteiger partial charge in [0.15, 0.2) is 0 Å². The minimum absolute atomic E-state index is 0.551. The SMILES string of the molecule is CCCCCCCOCCOCCOCCOCCOCCOCCOCc1ccccc1. The van der Waals surface area contributed by atoms with Gasteiger partial charge in [0.2, 0.25) is 0 Å². The van der Waals surface area contributed by atoms with Crippen LogP contribution in [0.5, 0.6) is 0 Å². The van der Waals surface area contributed by atoms with E-state index in [-0.39, 0.29) is 0 Å². The van der Waals surface area contributed by atoms with Crippen molar-refractivity contribution in [2.24, 2.45) is 0 Å². The van der Waals surface area contributed by atoms with E-state index in [2.05, 4.69) is 6.92 Å². The first kappa shape index (κ1) is 30.0. The highest BCUT2D eigenvalue weighted by Crippen LogP contribution is 2.02. The molecule has 1 aromatic rings. The van der Waals surface area contributed by atoms with Gasteiger partial charge in [-0.2, -0.15) is 0 Å². The predicted molar refractivity (Wildman–Crippen MR) is 130 cm³/mol. The van der Waals surface area contributed by atoms with Crippen molar-refractivity contribution in [2.45, 2.75) is 45.6 Å². The fourth-order valence-electron chi connectivity index (χ4n) is 2.89. The lowest BCUT2D eigenvalue weighted by Crippen LogP contribution is -2.14. The minimum atomic E-state index is 0.551. The summed E-state index contributed by atoms with van der Waals surface area (Å²) in [6.07, 6.45) is 6.32. The Hall–Kier alpha value is -1.06. The van der Waals surface area contributed by atoms with Gasteiger partial charge in [0.25, 0.3) is 0 Å². The van der Waals surface area contributed by atoms with E-state index in [0.717, 1.165) is 13.0 Å². The molecule has 0 unspecified atom stereocenters. The molecule has 1 rings (SSSR count). The van der Waals surface area contributed by atoms with Gasteiger partial charge in [0.1, 0.15) is 0 Å². The summed E-state index contributed by atoms with van der Waals surface area (Å²) < 4.78 is 38.5. The van der Waals surface area contributed by atoms with Crippen molar-refractivity contribution >= 4 is 0 Å². The van der Waals surface area contributed by atoms with E-state index in [9.17, 15) is 0 Å². The van der Waals surface area contributed by atoms with E-state index in [1.165, 1.54) is 31.2 Å². The van der Waals surface area contributed by atoms with E-state index in [4.69, 9.17) is 33.2 Å². The van der Waals surface area contributed by atoms with Crippen molar-refractivity contribution in [1.82, 2.24) is 0 Å². The Labute approximate surface area is 201 Å². The van der Waals surface area contributed by atoms with Crippen molar-refractivity contribution in [3.8, 4) is 0 Å². The van der Waals surface area contributed by atoms with Crippen LogP contribution in [0.1, 0.15) is 44.6 Å². The van der Waals surface area contributed by atoms with Crippen LogP contribution in [0.4, 0.5) is 0 Å². The molecular formula is C26H46O7. The number of ether oxygens (including phenoxy) is 7. The Morgan fingerprint density at radius 3 is 1.27 bits per heavy atom. The monoisotopic (exact) mass is 470 g/mol. The summed E-state index contributed by atoms with van der Waals surface area (Å²) in [7, 11) is 0. The first-order valence-electron chi connectivity index (χ1n) is 12.5. The van der Waals surface area contributed by atoms with E-state index in [1.807, 2.05) is 30.3 Å². The maximum Gasteiger partial charge on any atom is 0.0718 e. The van der Waals surface area contributed by atoms with Crippen LogP contribution < -0.4 is 0 Å². The second kappa shape index (κ2) is 25.6. The van der Waals surface area contributed by atoms with Crippen LogP contribution in [-0.2, 0) is 39.8 Å². The first-order chi connectivity index (χ1) is 16.4. The van der Waals surface area contributed by atoms with Crippen LogP contribution in [0, 0.1) is 0 Å². The zero-order valence-corrected chi connectivity index (χ0v) is 20.7. The van der Waals surface area contributed by atoms with Crippen molar-refractivity contribution in [2.75, 3.05) is 85.9 Å². The molecule has 0 aromatic heterocycles. The Bertz CT molecular complexity index is 487. The van der Waals surface area contributed by atoms with Crippen molar-refractivity contribution in [3.63, 3.8) is 0 Å². The highest BCUT2D eigenvalue weighted by atomic mass is 16.6.